The van der Waals surface area contributed by atoms with Crippen LogP contribution in [0.15, 0.2) is 65.8 Å². The first kappa shape index (κ1) is 26.3. The topological polar surface area (TPSA) is 107 Å². The Morgan fingerprint density at radius 1 is 1.03 bits per heavy atom. The number of hydrogen-bond donors (Lipinski definition) is 1. The fourth-order valence-electron chi connectivity index (χ4n) is 2.90. The minimum absolute atomic E-state index is 0.0431. The van der Waals surface area contributed by atoms with Crippen LogP contribution in [-0.2, 0) is 24.0 Å². The van der Waals surface area contributed by atoms with E-state index in [-0.39, 0.29) is 15.2 Å². The predicted molar refractivity (Wildman–Crippen MR) is 135 cm³/mol. The standard InChI is InChI=1S/C24H21Cl2N3O5S/c1-14(30)27-21-18(28-23(26)35-21)17(20(25)31)29-34-24(2,3)22(32)33-19(15-10-6-4-7-11-15)16-12-8-5-9-13-16/h4-13,19H,1-3H3,(H,27,30). The van der Waals surface area contributed by atoms with Crippen molar-refractivity contribution in [1.82, 2.24) is 4.98 Å². The molecule has 3 aromatic rings. The number of oxime groups is 1. The van der Waals surface area contributed by atoms with Crippen LogP contribution in [0.4, 0.5) is 5.00 Å². The molecule has 1 N–H and O–H groups in total. The van der Waals surface area contributed by atoms with Gasteiger partial charge in [0.2, 0.25) is 11.5 Å². The second-order valence-electron chi connectivity index (χ2n) is 7.75. The molecule has 0 aliphatic rings. The number of aromatic nitrogens is 1. The number of hydrogen-bond acceptors (Lipinski definition) is 8. The van der Waals surface area contributed by atoms with Gasteiger partial charge in [-0.2, -0.15) is 0 Å². The third-order valence-electron chi connectivity index (χ3n) is 4.59. The van der Waals surface area contributed by atoms with Crippen molar-refractivity contribution in [3.05, 3.63) is 82.0 Å². The summed E-state index contributed by atoms with van der Waals surface area (Å²) in [7, 11) is 0. The van der Waals surface area contributed by atoms with Gasteiger partial charge in [0.15, 0.2) is 16.3 Å². The molecule has 0 atom stereocenters. The Morgan fingerprint density at radius 3 is 2.06 bits per heavy atom. The molecule has 2 aromatic carbocycles. The van der Waals surface area contributed by atoms with Gasteiger partial charge in [-0.3, -0.25) is 9.59 Å². The fraction of sp³-hybridized carbons (Fsp3) is 0.208. The average molecular weight is 534 g/mol. The van der Waals surface area contributed by atoms with Gasteiger partial charge in [0, 0.05) is 6.92 Å². The van der Waals surface area contributed by atoms with Gasteiger partial charge in [-0.15, -0.1) is 0 Å². The molecule has 0 fully saturated rings. The van der Waals surface area contributed by atoms with E-state index in [9.17, 15) is 14.4 Å². The van der Waals surface area contributed by atoms with E-state index in [1.54, 1.807) is 0 Å². The summed E-state index contributed by atoms with van der Waals surface area (Å²) >= 11 is 12.6. The average Bonchev–Trinajstić information content (AvgIpc) is 3.17. The van der Waals surface area contributed by atoms with E-state index in [1.165, 1.54) is 20.8 Å². The molecule has 0 unspecified atom stereocenters. The van der Waals surface area contributed by atoms with Crippen molar-refractivity contribution in [2.75, 3.05) is 5.32 Å². The summed E-state index contributed by atoms with van der Waals surface area (Å²) in [6.07, 6.45) is -0.699. The molecule has 3 rings (SSSR count). The minimum Gasteiger partial charge on any atom is -0.450 e. The summed E-state index contributed by atoms with van der Waals surface area (Å²) in [5.41, 5.74) is -0.596. The number of anilines is 1. The molecule has 0 spiro atoms. The smallest absolute Gasteiger partial charge is 0.353 e. The first-order valence-corrected chi connectivity index (χ1v) is 11.9. The number of nitrogens with zero attached hydrogens (tertiary/aromatic N) is 2. The van der Waals surface area contributed by atoms with Crippen LogP contribution >= 0.6 is 34.5 Å². The number of carbonyl (C=O) groups excluding carboxylic acids is 3. The summed E-state index contributed by atoms with van der Waals surface area (Å²) in [5.74, 6) is -1.15. The Kier molecular flexibility index (Phi) is 8.61. The normalized spacial score (nSPS) is 11.8. The van der Waals surface area contributed by atoms with Crippen molar-refractivity contribution in [3.8, 4) is 0 Å². The molecule has 8 nitrogen and oxygen atoms in total. The third kappa shape index (κ3) is 6.88. The van der Waals surface area contributed by atoms with Gasteiger partial charge in [-0.25, -0.2) is 9.78 Å². The monoisotopic (exact) mass is 533 g/mol. The van der Waals surface area contributed by atoms with Crippen molar-refractivity contribution >= 4 is 62.4 Å². The molecule has 1 amide bonds. The maximum absolute atomic E-state index is 13.1. The van der Waals surface area contributed by atoms with Crippen LogP contribution in [-0.4, -0.2) is 33.4 Å². The highest BCUT2D eigenvalue weighted by Gasteiger charge is 2.36. The van der Waals surface area contributed by atoms with Crippen LogP contribution in [0.25, 0.3) is 0 Å². The zero-order valence-electron chi connectivity index (χ0n) is 19.0. The zero-order chi connectivity index (χ0) is 25.6. The van der Waals surface area contributed by atoms with E-state index in [4.69, 9.17) is 32.8 Å². The van der Waals surface area contributed by atoms with Gasteiger partial charge in [-0.1, -0.05) is 88.8 Å². The summed E-state index contributed by atoms with van der Waals surface area (Å²) in [4.78, 5) is 46.1. The second-order valence-corrected chi connectivity index (χ2v) is 9.67. The van der Waals surface area contributed by atoms with Crippen LogP contribution in [0.3, 0.4) is 0 Å². The molecule has 0 saturated carbocycles. The van der Waals surface area contributed by atoms with Gasteiger partial charge in [-0.05, 0) is 36.6 Å². The summed E-state index contributed by atoms with van der Waals surface area (Å²) < 4.78 is 5.87. The lowest BCUT2D eigenvalue weighted by Crippen LogP contribution is -2.37. The number of amides is 1. The van der Waals surface area contributed by atoms with E-state index in [2.05, 4.69) is 15.5 Å². The van der Waals surface area contributed by atoms with Gasteiger partial charge < -0.3 is 14.9 Å². The molecule has 0 radical (unpaired) electrons. The second kappa shape index (κ2) is 11.4. The van der Waals surface area contributed by atoms with Crippen LogP contribution in [0.5, 0.6) is 0 Å². The van der Waals surface area contributed by atoms with E-state index < -0.39 is 34.5 Å². The van der Waals surface area contributed by atoms with Crippen molar-refractivity contribution in [1.29, 1.82) is 0 Å². The van der Waals surface area contributed by atoms with Crippen molar-refractivity contribution in [3.63, 3.8) is 0 Å². The zero-order valence-corrected chi connectivity index (χ0v) is 21.3. The SMILES string of the molecule is CC(=O)Nc1sc(Cl)nc1C(=NOC(C)(C)C(=O)OC(c1ccccc1)c1ccccc1)C(=O)Cl. The molecule has 11 heteroatoms. The van der Waals surface area contributed by atoms with E-state index in [0.29, 0.717) is 0 Å². The number of benzene rings is 2. The quantitative estimate of drug-likeness (QED) is 0.172. The number of carbonyl (C=O) groups is 3. The van der Waals surface area contributed by atoms with Crippen LogP contribution in [0.2, 0.25) is 4.47 Å². The Bertz CT molecular complexity index is 1210. The Hall–Kier alpha value is -3.27. The van der Waals surface area contributed by atoms with Crippen molar-refractivity contribution in [2.45, 2.75) is 32.5 Å². The molecule has 182 valence electrons. The van der Waals surface area contributed by atoms with E-state index >= 15 is 0 Å². The largest absolute Gasteiger partial charge is 0.450 e. The predicted octanol–water partition coefficient (Wildman–Crippen LogP) is 5.35. The van der Waals surface area contributed by atoms with E-state index in [1.807, 2.05) is 60.7 Å². The Labute approximate surface area is 215 Å². The molecular formula is C24H21Cl2N3O5S. The number of nitrogens with one attached hydrogen (secondary N) is 1. The third-order valence-corrected chi connectivity index (χ3v) is 5.84. The van der Waals surface area contributed by atoms with Crippen LogP contribution in [0, 0.1) is 0 Å². The molecule has 0 bridgehead atoms. The first-order valence-electron chi connectivity index (χ1n) is 10.3. The fourth-order valence-corrected chi connectivity index (χ4v) is 4.08. The first-order chi connectivity index (χ1) is 16.6. The number of halogens is 2. The summed E-state index contributed by atoms with van der Waals surface area (Å²) in [6, 6.07) is 18.5. The lowest BCUT2D eigenvalue weighted by Gasteiger charge is -2.25. The number of rotatable bonds is 9. The minimum atomic E-state index is -1.62. The molecule has 0 saturated heterocycles. The highest BCUT2D eigenvalue weighted by Crippen LogP contribution is 2.31. The van der Waals surface area contributed by atoms with Gasteiger partial charge >= 0.3 is 5.97 Å². The highest BCUT2D eigenvalue weighted by molar-refractivity contribution is 7.20. The van der Waals surface area contributed by atoms with Gasteiger partial charge in [0.05, 0.1) is 0 Å². The van der Waals surface area contributed by atoms with E-state index in [0.717, 1.165) is 22.5 Å². The molecule has 1 heterocycles. The molecule has 1 aromatic heterocycles. The van der Waals surface area contributed by atoms with Gasteiger partial charge in [0.25, 0.3) is 5.24 Å². The summed E-state index contributed by atoms with van der Waals surface area (Å²) in [5, 5.41) is 5.43. The van der Waals surface area contributed by atoms with Gasteiger partial charge in [0.1, 0.15) is 10.7 Å². The van der Waals surface area contributed by atoms with Crippen molar-refractivity contribution < 1.29 is 24.0 Å². The number of thiazole rings is 1. The maximum atomic E-state index is 13.1. The number of ether oxygens (including phenoxy) is 1. The summed E-state index contributed by atoms with van der Waals surface area (Å²) in [6.45, 7) is 4.15. The maximum Gasteiger partial charge on any atom is 0.353 e. The van der Waals surface area contributed by atoms with Crippen LogP contribution in [0.1, 0.15) is 43.7 Å². The number of esters is 1. The lowest BCUT2D eigenvalue weighted by atomic mass is 10.0. The lowest BCUT2D eigenvalue weighted by molar-refractivity contribution is -0.172. The van der Waals surface area contributed by atoms with Crippen molar-refractivity contribution in [2.24, 2.45) is 5.16 Å². The Balaban J connectivity index is 1.87. The molecule has 0 aliphatic carbocycles. The molecule has 0 aliphatic heterocycles. The Morgan fingerprint density at radius 2 is 1.57 bits per heavy atom. The van der Waals surface area contributed by atoms with Crippen LogP contribution < -0.4 is 5.32 Å². The molecular weight excluding hydrogens is 513 g/mol. The highest BCUT2D eigenvalue weighted by atomic mass is 35.5. The molecule has 35 heavy (non-hydrogen) atoms.